The third-order valence-corrected chi connectivity index (χ3v) is 7.34. The fourth-order valence-electron chi connectivity index (χ4n) is 5.33. The molecule has 1 atom stereocenters. The summed E-state index contributed by atoms with van der Waals surface area (Å²) in [5, 5.41) is 5.66. The zero-order valence-corrected chi connectivity index (χ0v) is 20.3. The van der Waals surface area contributed by atoms with Crippen LogP contribution in [0.4, 0.5) is 15.8 Å². The van der Waals surface area contributed by atoms with Gasteiger partial charge in [-0.15, -0.1) is 0 Å². The lowest BCUT2D eigenvalue weighted by molar-refractivity contribution is -0.115. The molecular formula is C28H29ClFN3O. The minimum atomic E-state index is -0.158. The second-order valence-corrected chi connectivity index (χ2v) is 9.79. The van der Waals surface area contributed by atoms with Gasteiger partial charge in [0.1, 0.15) is 12.0 Å². The van der Waals surface area contributed by atoms with Crippen molar-refractivity contribution in [2.45, 2.75) is 39.3 Å². The standard InChI is InChI=1S/C28H29ClFN3O/c1-18-15-28(34)33(19(2)31-18)22-8-10-27(25(29)17-22)32-13-11-20(12-14-32)16-21-7-9-26(30)24-6-4-3-5-23(21)24/h3-10,15,17,19-20,31H,11-14,16H2,1-2H3. The summed E-state index contributed by atoms with van der Waals surface area (Å²) in [5.41, 5.74) is 3.89. The van der Waals surface area contributed by atoms with Crippen LogP contribution < -0.4 is 15.1 Å². The van der Waals surface area contributed by atoms with Crippen LogP contribution in [0.1, 0.15) is 32.3 Å². The summed E-state index contributed by atoms with van der Waals surface area (Å²) in [6.45, 7) is 5.70. The van der Waals surface area contributed by atoms with Crippen molar-refractivity contribution in [1.82, 2.24) is 5.32 Å². The predicted octanol–water partition coefficient (Wildman–Crippen LogP) is 6.28. The maximum Gasteiger partial charge on any atom is 0.254 e. The Hall–Kier alpha value is -3.05. The molecule has 0 spiro atoms. The number of allylic oxidation sites excluding steroid dienone is 1. The molecule has 0 aromatic heterocycles. The highest BCUT2D eigenvalue weighted by Gasteiger charge is 2.26. The molecule has 3 aromatic rings. The van der Waals surface area contributed by atoms with E-state index in [2.05, 4.69) is 10.2 Å². The molecule has 0 bridgehead atoms. The van der Waals surface area contributed by atoms with Gasteiger partial charge in [0, 0.05) is 35.9 Å². The number of anilines is 2. The Morgan fingerprint density at radius 1 is 1.06 bits per heavy atom. The molecule has 1 fully saturated rings. The fraction of sp³-hybridized carbons (Fsp3) is 0.321. The molecule has 0 radical (unpaired) electrons. The SMILES string of the molecule is CC1=CC(=O)N(c2ccc(N3CCC(Cc4ccc(F)c5ccccc45)CC3)c(Cl)c2)C(C)N1. The fourth-order valence-corrected chi connectivity index (χ4v) is 5.62. The van der Waals surface area contributed by atoms with E-state index in [-0.39, 0.29) is 17.9 Å². The number of halogens is 2. The summed E-state index contributed by atoms with van der Waals surface area (Å²) in [7, 11) is 0. The molecule has 2 aliphatic heterocycles. The lowest BCUT2D eigenvalue weighted by atomic mass is 9.88. The van der Waals surface area contributed by atoms with Crippen molar-refractivity contribution in [2.24, 2.45) is 5.92 Å². The van der Waals surface area contributed by atoms with E-state index in [1.54, 1.807) is 17.0 Å². The largest absolute Gasteiger partial charge is 0.370 e. The third kappa shape index (κ3) is 4.37. The Morgan fingerprint density at radius 3 is 2.50 bits per heavy atom. The maximum absolute atomic E-state index is 14.2. The number of rotatable bonds is 4. The van der Waals surface area contributed by atoms with Crippen LogP contribution in [0, 0.1) is 11.7 Å². The summed E-state index contributed by atoms with van der Waals surface area (Å²) < 4.78 is 14.2. The van der Waals surface area contributed by atoms with E-state index in [9.17, 15) is 9.18 Å². The molecule has 2 heterocycles. The zero-order chi connectivity index (χ0) is 23.8. The topological polar surface area (TPSA) is 35.6 Å². The number of carbonyl (C=O) groups is 1. The van der Waals surface area contributed by atoms with Gasteiger partial charge in [0.05, 0.1) is 10.7 Å². The first kappa shape index (κ1) is 22.7. The molecule has 1 amide bonds. The summed E-state index contributed by atoms with van der Waals surface area (Å²) in [6.07, 6.45) is 4.55. The molecule has 1 saturated heterocycles. The van der Waals surface area contributed by atoms with Crippen LogP contribution in [0.2, 0.25) is 5.02 Å². The molecule has 0 aliphatic carbocycles. The molecule has 2 aliphatic rings. The highest BCUT2D eigenvalue weighted by molar-refractivity contribution is 6.33. The smallest absolute Gasteiger partial charge is 0.254 e. The molecule has 176 valence electrons. The van der Waals surface area contributed by atoms with Crippen molar-refractivity contribution >= 4 is 39.7 Å². The Labute approximate surface area is 205 Å². The molecule has 1 N–H and O–H groups in total. The number of fused-ring (bicyclic) bond motifs is 1. The first-order valence-corrected chi connectivity index (χ1v) is 12.3. The van der Waals surface area contributed by atoms with Crippen molar-refractivity contribution in [3.05, 3.63) is 82.8 Å². The minimum Gasteiger partial charge on any atom is -0.370 e. The highest BCUT2D eigenvalue weighted by Crippen LogP contribution is 2.35. The molecule has 3 aromatic carbocycles. The van der Waals surface area contributed by atoms with Crippen LogP contribution in [0.3, 0.4) is 0 Å². The van der Waals surface area contributed by atoms with E-state index < -0.39 is 0 Å². The first-order valence-electron chi connectivity index (χ1n) is 11.9. The van der Waals surface area contributed by atoms with Gasteiger partial charge in [-0.25, -0.2) is 4.39 Å². The average Bonchev–Trinajstić information content (AvgIpc) is 2.81. The molecule has 0 saturated carbocycles. The number of hydrogen-bond donors (Lipinski definition) is 1. The molecule has 34 heavy (non-hydrogen) atoms. The number of hydrogen-bond acceptors (Lipinski definition) is 3. The van der Waals surface area contributed by atoms with Gasteiger partial charge in [0.2, 0.25) is 0 Å². The van der Waals surface area contributed by atoms with Crippen molar-refractivity contribution in [3.63, 3.8) is 0 Å². The van der Waals surface area contributed by atoms with Crippen molar-refractivity contribution < 1.29 is 9.18 Å². The van der Waals surface area contributed by atoms with E-state index in [1.807, 2.05) is 62.4 Å². The van der Waals surface area contributed by atoms with Crippen molar-refractivity contribution in [2.75, 3.05) is 22.9 Å². The van der Waals surface area contributed by atoms with Crippen LogP contribution in [0.15, 0.2) is 66.4 Å². The quantitative estimate of drug-likeness (QED) is 0.480. The van der Waals surface area contributed by atoms with Crippen LogP contribution in [0.5, 0.6) is 0 Å². The maximum atomic E-state index is 14.2. The van der Waals surface area contributed by atoms with Gasteiger partial charge in [-0.05, 0) is 74.2 Å². The molecule has 4 nitrogen and oxygen atoms in total. The summed E-state index contributed by atoms with van der Waals surface area (Å²) >= 11 is 6.70. The van der Waals surface area contributed by atoms with Crippen molar-refractivity contribution in [3.8, 4) is 0 Å². The van der Waals surface area contributed by atoms with Gasteiger partial charge >= 0.3 is 0 Å². The van der Waals surface area contributed by atoms with Crippen molar-refractivity contribution in [1.29, 1.82) is 0 Å². The van der Waals surface area contributed by atoms with E-state index in [0.717, 1.165) is 54.8 Å². The Kier molecular flexibility index (Phi) is 6.22. The minimum absolute atomic E-state index is 0.0401. The first-order chi connectivity index (χ1) is 16.4. The average molecular weight is 478 g/mol. The Bertz CT molecular complexity index is 1270. The number of piperidine rings is 1. The van der Waals surface area contributed by atoms with Crippen LogP contribution in [0.25, 0.3) is 10.8 Å². The van der Waals surface area contributed by atoms with E-state index >= 15 is 0 Å². The van der Waals surface area contributed by atoms with Gasteiger partial charge in [0.25, 0.3) is 5.91 Å². The summed E-state index contributed by atoms with van der Waals surface area (Å²) in [5.74, 6) is 0.354. The van der Waals surface area contributed by atoms with E-state index in [0.29, 0.717) is 16.3 Å². The highest BCUT2D eigenvalue weighted by atomic mass is 35.5. The van der Waals surface area contributed by atoms with Gasteiger partial charge < -0.3 is 10.2 Å². The van der Waals surface area contributed by atoms with Crippen LogP contribution in [-0.2, 0) is 11.2 Å². The lowest BCUT2D eigenvalue weighted by Gasteiger charge is -2.36. The molecule has 1 unspecified atom stereocenters. The monoisotopic (exact) mass is 477 g/mol. The number of nitrogens with zero attached hydrogens (tertiary/aromatic N) is 2. The normalized spacial score (nSPS) is 19.4. The predicted molar refractivity (Wildman–Crippen MR) is 138 cm³/mol. The number of amides is 1. The zero-order valence-electron chi connectivity index (χ0n) is 19.5. The van der Waals surface area contributed by atoms with Crippen LogP contribution in [-0.4, -0.2) is 25.2 Å². The van der Waals surface area contributed by atoms with Crippen LogP contribution >= 0.6 is 11.6 Å². The summed E-state index contributed by atoms with van der Waals surface area (Å²) in [4.78, 5) is 16.6. The van der Waals surface area contributed by atoms with E-state index in [4.69, 9.17) is 11.6 Å². The lowest BCUT2D eigenvalue weighted by Crippen LogP contribution is -2.49. The number of nitrogens with one attached hydrogen (secondary N) is 1. The second-order valence-electron chi connectivity index (χ2n) is 9.38. The molecule has 5 rings (SSSR count). The van der Waals surface area contributed by atoms with Gasteiger partial charge in [0.15, 0.2) is 0 Å². The number of carbonyl (C=O) groups excluding carboxylic acids is 1. The van der Waals surface area contributed by atoms with Gasteiger partial charge in [-0.1, -0.05) is 41.9 Å². The second kappa shape index (κ2) is 9.30. The summed E-state index contributed by atoms with van der Waals surface area (Å²) in [6, 6.07) is 17.2. The Balaban J connectivity index is 1.27. The molecule has 6 heteroatoms. The molecular weight excluding hydrogens is 449 g/mol. The third-order valence-electron chi connectivity index (χ3n) is 7.04. The van der Waals surface area contributed by atoms with Gasteiger partial charge in [-0.3, -0.25) is 9.69 Å². The number of benzene rings is 3. The van der Waals surface area contributed by atoms with E-state index in [1.165, 1.54) is 5.56 Å². The Morgan fingerprint density at radius 2 is 1.79 bits per heavy atom. The van der Waals surface area contributed by atoms with Gasteiger partial charge in [-0.2, -0.15) is 0 Å².